The summed E-state index contributed by atoms with van der Waals surface area (Å²) in [5, 5.41) is 4.21. The highest BCUT2D eigenvalue weighted by Crippen LogP contribution is 2.22. The van der Waals surface area contributed by atoms with Crippen molar-refractivity contribution in [2.24, 2.45) is 0 Å². The second kappa shape index (κ2) is 3.32. The predicted octanol–water partition coefficient (Wildman–Crippen LogP) is 0.374. The molecular formula is C7H14NO2. The van der Waals surface area contributed by atoms with Gasteiger partial charge >= 0.3 is 0 Å². The van der Waals surface area contributed by atoms with Gasteiger partial charge in [0.25, 0.3) is 0 Å². The first-order valence-electron chi connectivity index (χ1n) is 3.56. The molecule has 1 saturated heterocycles. The molecule has 0 atom stereocenters. The number of hydrogen-bond donors (Lipinski definition) is 0. The van der Waals surface area contributed by atoms with Crippen molar-refractivity contribution in [1.29, 1.82) is 0 Å². The van der Waals surface area contributed by atoms with Crippen LogP contribution in [0, 0.1) is 0 Å². The van der Waals surface area contributed by atoms with E-state index in [0.29, 0.717) is 0 Å². The molecule has 1 aliphatic heterocycles. The van der Waals surface area contributed by atoms with Gasteiger partial charge in [-0.15, -0.1) is 0 Å². The van der Waals surface area contributed by atoms with E-state index in [-0.39, 0.29) is 5.79 Å². The smallest absolute Gasteiger partial charge is 0.170 e. The highest BCUT2D eigenvalue weighted by molar-refractivity contribution is 4.76. The third-order valence-corrected chi connectivity index (χ3v) is 2.05. The van der Waals surface area contributed by atoms with E-state index in [4.69, 9.17) is 9.47 Å². The molecule has 3 heteroatoms. The molecule has 1 rings (SSSR count). The molecule has 0 N–H and O–H groups in total. The molecule has 0 spiro atoms. The number of ether oxygens (including phenoxy) is 2. The Kier molecular flexibility index (Phi) is 2.65. The van der Waals surface area contributed by atoms with Crippen LogP contribution in [0.5, 0.6) is 0 Å². The molecule has 1 heterocycles. The van der Waals surface area contributed by atoms with Gasteiger partial charge in [0, 0.05) is 40.2 Å². The number of hydrogen-bond acceptors (Lipinski definition) is 2. The van der Waals surface area contributed by atoms with Gasteiger partial charge in [-0.2, -0.15) is 0 Å². The molecule has 0 aromatic carbocycles. The van der Waals surface area contributed by atoms with Crippen molar-refractivity contribution >= 4 is 0 Å². The monoisotopic (exact) mass is 144 g/mol. The number of nitrogens with zero attached hydrogens (tertiary/aromatic N) is 1. The lowest BCUT2D eigenvalue weighted by Gasteiger charge is -2.33. The zero-order chi connectivity index (χ0) is 7.45. The Bertz CT molecular complexity index is 93.8. The molecule has 1 aliphatic rings. The first-order chi connectivity index (χ1) is 4.83. The van der Waals surface area contributed by atoms with Gasteiger partial charge in [0.15, 0.2) is 5.79 Å². The molecule has 1 radical (unpaired) electrons. The minimum absolute atomic E-state index is 0.332. The van der Waals surface area contributed by atoms with Crippen LogP contribution in [0.3, 0.4) is 0 Å². The summed E-state index contributed by atoms with van der Waals surface area (Å²) in [6.45, 7) is 1.73. The van der Waals surface area contributed by atoms with Crippen LogP contribution < -0.4 is 5.32 Å². The quantitative estimate of drug-likeness (QED) is 0.525. The third-order valence-electron chi connectivity index (χ3n) is 2.05. The Balaban J connectivity index is 2.44. The first kappa shape index (κ1) is 7.98. The largest absolute Gasteiger partial charge is 0.353 e. The average molecular weight is 144 g/mol. The number of piperidine rings is 1. The highest BCUT2D eigenvalue weighted by atomic mass is 16.7. The Morgan fingerprint density at radius 3 is 1.90 bits per heavy atom. The van der Waals surface area contributed by atoms with Gasteiger partial charge in [-0.25, -0.2) is 5.32 Å². The van der Waals surface area contributed by atoms with E-state index in [2.05, 4.69) is 5.32 Å². The fourth-order valence-electron chi connectivity index (χ4n) is 1.23. The van der Waals surface area contributed by atoms with Crippen LogP contribution in [0.1, 0.15) is 12.8 Å². The summed E-state index contributed by atoms with van der Waals surface area (Å²) in [5.41, 5.74) is 0. The number of rotatable bonds is 2. The van der Waals surface area contributed by atoms with E-state index < -0.39 is 0 Å². The van der Waals surface area contributed by atoms with Gasteiger partial charge in [0.05, 0.1) is 0 Å². The molecule has 1 fully saturated rings. The Hall–Kier alpha value is -0.120. The molecule has 0 saturated carbocycles. The summed E-state index contributed by atoms with van der Waals surface area (Å²) in [5.74, 6) is -0.332. The van der Waals surface area contributed by atoms with Gasteiger partial charge in [-0.1, -0.05) is 0 Å². The Labute approximate surface area is 61.7 Å². The van der Waals surface area contributed by atoms with E-state index in [9.17, 15) is 0 Å². The summed E-state index contributed by atoms with van der Waals surface area (Å²) in [4.78, 5) is 0. The highest BCUT2D eigenvalue weighted by Gasteiger charge is 2.31. The lowest BCUT2D eigenvalue weighted by Crippen LogP contribution is -2.42. The zero-order valence-corrected chi connectivity index (χ0v) is 6.59. The summed E-state index contributed by atoms with van der Waals surface area (Å²) >= 11 is 0. The molecular weight excluding hydrogens is 130 g/mol. The second-order valence-electron chi connectivity index (χ2n) is 2.49. The van der Waals surface area contributed by atoms with Gasteiger partial charge < -0.3 is 9.47 Å². The lowest BCUT2D eigenvalue weighted by molar-refractivity contribution is -0.219. The van der Waals surface area contributed by atoms with Crippen molar-refractivity contribution < 1.29 is 9.47 Å². The van der Waals surface area contributed by atoms with Crippen LogP contribution in [-0.4, -0.2) is 33.1 Å². The van der Waals surface area contributed by atoms with Crippen molar-refractivity contribution in [1.82, 2.24) is 5.32 Å². The minimum Gasteiger partial charge on any atom is -0.353 e. The van der Waals surface area contributed by atoms with E-state index in [1.165, 1.54) is 0 Å². The molecule has 0 unspecified atom stereocenters. The molecule has 10 heavy (non-hydrogen) atoms. The van der Waals surface area contributed by atoms with Crippen LogP contribution in [0.2, 0.25) is 0 Å². The van der Waals surface area contributed by atoms with Gasteiger partial charge in [0.2, 0.25) is 0 Å². The standard InChI is InChI=1S/C7H14NO2/c1-9-7(10-2)3-5-8-6-4-7/h3-6H2,1-2H3. The molecule has 0 amide bonds. The Morgan fingerprint density at radius 2 is 1.60 bits per heavy atom. The van der Waals surface area contributed by atoms with Crippen LogP contribution >= 0.6 is 0 Å². The SMILES string of the molecule is COC1(OC)CC[N]CC1. The maximum absolute atomic E-state index is 5.25. The minimum atomic E-state index is -0.332. The Morgan fingerprint density at radius 1 is 1.10 bits per heavy atom. The summed E-state index contributed by atoms with van der Waals surface area (Å²) in [6, 6.07) is 0. The molecule has 0 aliphatic carbocycles. The molecule has 3 nitrogen and oxygen atoms in total. The van der Waals surface area contributed by atoms with Crippen molar-refractivity contribution in [3.05, 3.63) is 0 Å². The fourth-order valence-corrected chi connectivity index (χ4v) is 1.23. The van der Waals surface area contributed by atoms with Gasteiger partial charge in [-0.3, -0.25) is 0 Å². The van der Waals surface area contributed by atoms with E-state index >= 15 is 0 Å². The van der Waals surface area contributed by atoms with Crippen LogP contribution in [-0.2, 0) is 9.47 Å². The summed E-state index contributed by atoms with van der Waals surface area (Å²) < 4.78 is 10.5. The lowest BCUT2D eigenvalue weighted by atomic mass is 10.1. The van der Waals surface area contributed by atoms with Crippen LogP contribution in [0.4, 0.5) is 0 Å². The first-order valence-corrected chi connectivity index (χ1v) is 3.56. The van der Waals surface area contributed by atoms with Crippen molar-refractivity contribution in [3.63, 3.8) is 0 Å². The summed E-state index contributed by atoms with van der Waals surface area (Å²) in [7, 11) is 3.38. The zero-order valence-electron chi connectivity index (χ0n) is 6.59. The molecule has 0 bridgehead atoms. The molecule has 0 aromatic rings. The predicted molar refractivity (Wildman–Crippen MR) is 37.9 cm³/mol. The fraction of sp³-hybridized carbons (Fsp3) is 1.00. The van der Waals surface area contributed by atoms with Crippen molar-refractivity contribution in [2.75, 3.05) is 27.3 Å². The normalized spacial score (nSPS) is 24.6. The molecule has 0 aromatic heterocycles. The topological polar surface area (TPSA) is 32.6 Å². The third kappa shape index (κ3) is 1.48. The van der Waals surface area contributed by atoms with Gasteiger partial charge in [0.1, 0.15) is 0 Å². The van der Waals surface area contributed by atoms with Crippen molar-refractivity contribution in [2.45, 2.75) is 18.6 Å². The average Bonchev–Trinajstić information content (AvgIpc) is 2.06. The van der Waals surface area contributed by atoms with E-state index in [1.54, 1.807) is 14.2 Å². The molecule has 59 valence electrons. The van der Waals surface area contributed by atoms with Crippen LogP contribution in [0.25, 0.3) is 0 Å². The van der Waals surface area contributed by atoms with Gasteiger partial charge in [-0.05, 0) is 0 Å². The maximum atomic E-state index is 5.25. The van der Waals surface area contributed by atoms with Crippen molar-refractivity contribution in [3.8, 4) is 0 Å². The summed E-state index contributed by atoms with van der Waals surface area (Å²) in [6.07, 6.45) is 1.78. The van der Waals surface area contributed by atoms with E-state index in [1.807, 2.05) is 0 Å². The van der Waals surface area contributed by atoms with Crippen LogP contribution in [0.15, 0.2) is 0 Å². The van der Waals surface area contributed by atoms with E-state index in [0.717, 1.165) is 25.9 Å². The number of methoxy groups -OCH3 is 2. The maximum Gasteiger partial charge on any atom is 0.170 e. The second-order valence-corrected chi connectivity index (χ2v) is 2.49.